The van der Waals surface area contributed by atoms with Gasteiger partial charge in [0.05, 0.1) is 0 Å². The first kappa shape index (κ1) is 5.08. The molecule has 2 rings (SSSR count). The Morgan fingerprint density at radius 2 is 1.38 bits per heavy atom. The fourth-order valence-electron chi connectivity index (χ4n) is 0.697. The Morgan fingerprint density at radius 3 is 1.88 bits per heavy atom. The van der Waals surface area contributed by atoms with Crippen LogP contribution in [-0.4, -0.2) is 29.0 Å². The van der Waals surface area contributed by atoms with Gasteiger partial charge in [-0.05, 0) is 0 Å². The molecule has 2 heteroatoms. The van der Waals surface area contributed by atoms with Crippen LogP contribution in [0.25, 0.3) is 8.52 Å². The van der Waals surface area contributed by atoms with E-state index in [0.29, 0.717) is 29.0 Å². The Hall–Kier alpha value is 0.259. The van der Waals surface area contributed by atoms with Gasteiger partial charge >= 0.3 is 59.5 Å². The average Bonchev–Trinajstić information content (AvgIpc) is 2.15. The van der Waals surface area contributed by atoms with E-state index in [4.69, 9.17) is 0 Å². The van der Waals surface area contributed by atoms with E-state index in [2.05, 4.69) is 22.0 Å². The molecule has 0 fully saturated rings. The molecule has 0 aromatic carbocycles. The summed E-state index contributed by atoms with van der Waals surface area (Å²) >= 11 is 1.40. The Kier molecular flexibility index (Phi) is 1.20. The van der Waals surface area contributed by atoms with Gasteiger partial charge in [0.15, 0.2) is 0 Å². The molecule has 0 bridgehead atoms. The fourth-order valence-corrected chi connectivity index (χ4v) is 5.48. The summed E-state index contributed by atoms with van der Waals surface area (Å²) in [6.45, 7) is 0. The zero-order valence-corrected chi connectivity index (χ0v) is 7.55. The van der Waals surface area contributed by atoms with Gasteiger partial charge < -0.3 is 0 Å². The van der Waals surface area contributed by atoms with Crippen LogP contribution in [0.4, 0.5) is 0 Å². The average molecular weight is 234 g/mol. The summed E-state index contributed by atoms with van der Waals surface area (Å²) in [4.78, 5) is 4.62. The molecule has 0 atom stereocenters. The van der Waals surface area contributed by atoms with Crippen molar-refractivity contribution in [3.8, 4) is 0 Å². The summed E-state index contributed by atoms with van der Waals surface area (Å²) in [5, 5.41) is 0. The fraction of sp³-hybridized carbons (Fsp3) is 0. The predicted octanol–water partition coefficient (Wildman–Crippen LogP) is 0.954. The van der Waals surface area contributed by atoms with E-state index in [-0.39, 0.29) is 0 Å². The zero-order chi connectivity index (χ0) is 5.40. The van der Waals surface area contributed by atoms with Crippen LogP contribution in [0, 0.1) is 0 Å². The van der Waals surface area contributed by atoms with E-state index in [1.165, 1.54) is 0 Å². The van der Waals surface area contributed by atoms with E-state index in [1.54, 1.807) is 8.52 Å². The van der Waals surface area contributed by atoms with Crippen LogP contribution in [0.15, 0.2) is 22.0 Å². The van der Waals surface area contributed by atoms with Crippen molar-refractivity contribution in [2.75, 3.05) is 0 Å². The quantitative estimate of drug-likeness (QED) is 0.595. The molecule has 2 heterocycles. The van der Waals surface area contributed by atoms with Crippen molar-refractivity contribution in [3.63, 3.8) is 0 Å². The third kappa shape index (κ3) is 0.655. The minimum absolute atomic E-state index is 0.698. The van der Waals surface area contributed by atoms with Crippen LogP contribution in [0.2, 0.25) is 0 Å². The molecule has 0 spiro atoms. The molecule has 0 nitrogen and oxygen atoms in total. The third-order valence-corrected chi connectivity index (χ3v) is 5.43. The van der Waals surface area contributed by atoms with Gasteiger partial charge in [0.25, 0.3) is 0 Å². The number of rotatable bonds is 0. The topological polar surface area (TPSA) is 0 Å². The van der Waals surface area contributed by atoms with Crippen LogP contribution >= 0.6 is 0 Å². The third-order valence-electron chi connectivity index (χ3n) is 1.07. The van der Waals surface area contributed by atoms with Crippen LogP contribution < -0.4 is 0 Å². The van der Waals surface area contributed by atoms with Gasteiger partial charge in [-0.3, -0.25) is 0 Å². The SMILES string of the molecule is c1cc2[se]ccc2[se]1. The first-order valence-electron chi connectivity index (χ1n) is 2.37. The van der Waals surface area contributed by atoms with Crippen molar-refractivity contribution in [2.45, 2.75) is 0 Å². The van der Waals surface area contributed by atoms with Gasteiger partial charge in [-0.25, -0.2) is 0 Å². The van der Waals surface area contributed by atoms with Crippen molar-refractivity contribution in [1.82, 2.24) is 0 Å². The van der Waals surface area contributed by atoms with Gasteiger partial charge in [0, 0.05) is 0 Å². The maximum absolute atomic E-state index is 2.31. The normalized spacial score (nSPS) is 10.5. The summed E-state index contributed by atoms with van der Waals surface area (Å²) in [7, 11) is 0. The molecule has 0 N–H and O–H groups in total. The second kappa shape index (κ2) is 1.89. The molecule has 0 amide bonds. The van der Waals surface area contributed by atoms with E-state index in [9.17, 15) is 0 Å². The minimum atomic E-state index is 0.698. The second-order valence-electron chi connectivity index (χ2n) is 1.57. The standard InChI is InChI=1S/C6H4Se2/c1-3-7-6-2-4-8-5(1)6/h1-4H. The molecule has 0 aliphatic rings. The van der Waals surface area contributed by atoms with Gasteiger partial charge in [0.2, 0.25) is 0 Å². The predicted molar refractivity (Wildman–Crippen MR) is 37.8 cm³/mol. The Morgan fingerprint density at radius 1 is 0.875 bits per heavy atom. The summed E-state index contributed by atoms with van der Waals surface area (Å²) in [5.41, 5.74) is 0. The molecule has 0 unspecified atom stereocenters. The first-order valence-corrected chi connectivity index (χ1v) is 6.06. The monoisotopic (exact) mass is 236 g/mol. The summed E-state index contributed by atoms with van der Waals surface area (Å²) in [5.74, 6) is 0. The van der Waals surface area contributed by atoms with Gasteiger partial charge in [0.1, 0.15) is 0 Å². The van der Waals surface area contributed by atoms with Crippen molar-refractivity contribution < 1.29 is 0 Å². The Labute approximate surface area is 59.6 Å². The first-order chi connectivity index (χ1) is 3.97. The van der Waals surface area contributed by atoms with E-state index in [0.717, 1.165) is 0 Å². The molecule has 0 saturated carbocycles. The molecular formula is C6H4Se2. The molecule has 40 valence electrons. The van der Waals surface area contributed by atoms with E-state index < -0.39 is 0 Å². The molecule has 2 aromatic heterocycles. The molecular weight excluding hydrogens is 230 g/mol. The summed E-state index contributed by atoms with van der Waals surface area (Å²) in [6, 6.07) is 4.57. The van der Waals surface area contributed by atoms with Gasteiger partial charge in [-0.2, -0.15) is 0 Å². The van der Waals surface area contributed by atoms with Crippen LogP contribution in [0.5, 0.6) is 0 Å². The number of hydrogen-bond donors (Lipinski definition) is 0. The Balaban J connectivity index is 3.06. The molecule has 0 radical (unpaired) electrons. The van der Waals surface area contributed by atoms with Crippen molar-refractivity contribution in [2.24, 2.45) is 0 Å². The molecule has 0 aliphatic heterocycles. The van der Waals surface area contributed by atoms with E-state index >= 15 is 0 Å². The zero-order valence-electron chi connectivity index (χ0n) is 4.13. The molecule has 0 saturated heterocycles. The van der Waals surface area contributed by atoms with Crippen LogP contribution in [-0.2, 0) is 0 Å². The molecule has 0 aliphatic carbocycles. The summed E-state index contributed by atoms with van der Waals surface area (Å²) < 4.78 is 3.25. The number of fused-ring (bicyclic) bond motifs is 1. The van der Waals surface area contributed by atoms with E-state index in [1.807, 2.05) is 0 Å². The van der Waals surface area contributed by atoms with Gasteiger partial charge in [-0.15, -0.1) is 0 Å². The van der Waals surface area contributed by atoms with Crippen LogP contribution in [0.3, 0.4) is 0 Å². The Bertz CT molecular complexity index is 228. The van der Waals surface area contributed by atoms with Crippen LogP contribution in [0.1, 0.15) is 0 Å². The van der Waals surface area contributed by atoms with Gasteiger partial charge in [-0.1, -0.05) is 0 Å². The van der Waals surface area contributed by atoms with Crippen molar-refractivity contribution in [1.29, 1.82) is 0 Å². The molecule has 8 heavy (non-hydrogen) atoms. The number of hydrogen-bond acceptors (Lipinski definition) is 0. The molecule has 2 aromatic rings. The second-order valence-corrected chi connectivity index (χ2v) is 5.55. The van der Waals surface area contributed by atoms with Crippen molar-refractivity contribution in [3.05, 3.63) is 22.0 Å². The maximum atomic E-state index is 2.31. The van der Waals surface area contributed by atoms with Crippen molar-refractivity contribution >= 4 is 37.5 Å². The summed E-state index contributed by atoms with van der Waals surface area (Å²) in [6.07, 6.45) is 0.